The van der Waals surface area contributed by atoms with Gasteiger partial charge in [0.15, 0.2) is 11.5 Å². The van der Waals surface area contributed by atoms with Crippen molar-refractivity contribution in [2.24, 2.45) is 0 Å². The van der Waals surface area contributed by atoms with Crippen molar-refractivity contribution >= 4 is 0 Å². The lowest BCUT2D eigenvalue weighted by Crippen LogP contribution is -2.45. The zero-order valence-corrected chi connectivity index (χ0v) is 12.7. The second kappa shape index (κ2) is 7.30. The second-order valence-electron chi connectivity index (χ2n) is 5.28. The van der Waals surface area contributed by atoms with Crippen LogP contribution in [0.5, 0.6) is 11.5 Å². The highest BCUT2D eigenvalue weighted by atomic mass is 16.5. The molecule has 1 aliphatic rings. The number of piperazine rings is 1. The maximum absolute atomic E-state index is 10.5. The molecular weight excluding hydrogens is 266 g/mol. The van der Waals surface area contributed by atoms with E-state index in [-0.39, 0.29) is 11.8 Å². The fourth-order valence-corrected chi connectivity index (χ4v) is 2.96. The first-order valence-electron chi connectivity index (χ1n) is 7.47. The molecule has 0 aliphatic carbocycles. The number of nitrogens with zero attached hydrogens (tertiary/aromatic N) is 2. The van der Waals surface area contributed by atoms with Gasteiger partial charge in [-0.1, -0.05) is 13.3 Å². The van der Waals surface area contributed by atoms with Gasteiger partial charge in [-0.05, 0) is 18.6 Å². The predicted molar refractivity (Wildman–Crippen MR) is 81.5 cm³/mol. The number of benzene rings is 1. The molecule has 114 valence electrons. The van der Waals surface area contributed by atoms with Gasteiger partial charge in [-0.3, -0.25) is 4.90 Å². The molecule has 1 saturated heterocycles. The zero-order chi connectivity index (χ0) is 15.2. The highest BCUT2D eigenvalue weighted by Gasteiger charge is 2.27. The van der Waals surface area contributed by atoms with Crippen molar-refractivity contribution in [3.63, 3.8) is 0 Å². The fourth-order valence-electron chi connectivity index (χ4n) is 2.96. The Hall–Kier alpha value is -1.77. The highest BCUT2D eigenvalue weighted by molar-refractivity contribution is 5.55. The van der Waals surface area contributed by atoms with Crippen molar-refractivity contribution in [2.75, 3.05) is 33.3 Å². The molecular formula is C16H23N3O2. The van der Waals surface area contributed by atoms with E-state index in [2.05, 4.69) is 23.2 Å². The number of nitriles is 1. The van der Waals surface area contributed by atoms with E-state index in [4.69, 9.17) is 4.74 Å². The Morgan fingerprint density at radius 1 is 1.43 bits per heavy atom. The van der Waals surface area contributed by atoms with Crippen molar-refractivity contribution in [3.05, 3.63) is 23.3 Å². The van der Waals surface area contributed by atoms with E-state index in [9.17, 15) is 10.4 Å². The van der Waals surface area contributed by atoms with Gasteiger partial charge in [0.2, 0.25) is 0 Å². The van der Waals surface area contributed by atoms with Gasteiger partial charge in [-0.2, -0.15) is 5.26 Å². The van der Waals surface area contributed by atoms with Crippen molar-refractivity contribution in [2.45, 2.75) is 25.8 Å². The molecule has 0 bridgehead atoms. The minimum absolute atomic E-state index is 0.0573. The summed E-state index contributed by atoms with van der Waals surface area (Å²) in [6.45, 7) is 5.84. The van der Waals surface area contributed by atoms with Crippen LogP contribution in [0.4, 0.5) is 0 Å². The Balaban J connectivity index is 2.45. The lowest BCUT2D eigenvalue weighted by atomic mass is 9.94. The maximum atomic E-state index is 10.5. The standard InChI is InChI=1S/C16H23N3O2/c1-3-4-13(19-9-7-18-8-10-19)15-12(11-17)5-6-14(21-2)16(15)20/h5-6,13,18,20H,3-4,7-10H2,1-2H3/t13-/m1/s1. The predicted octanol–water partition coefficient (Wildman–Crippen LogP) is 2.02. The average Bonchev–Trinajstić information content (AvgIpc) is 2.53. The monoisotopic (exact) mass is 289 g/mol. The van der Waals surface area contributed by atoms with E-state index in [1.165, 1.54) is 7.11 Å². The number of ether oxygens (including phenoxy) is 1. The second-order valence-corrected chi connectivity index (χ2v) is 5.28. The molecule has 1 aliphatic heterocycles. The molecule has 1 aromatic carbocycles. The van der Waals surface area contributed by atoms with Gasteiger partial charge in [-0.25, -0.2) is 0 Å². The van der Waals surface area contributed by atoms with Gasteiger partial charge in [0.25, 0.3) is 0 Å². The molecule has 0 aromatic heterocycles. The SMILES string of the molecule is CCC[C@H](c1c(C#N)ccc(OC)c1O)N1CCNCC1. The van der Waals surface area contributed by atoms with Crippen LogP contribution in [-0.2, 0) is 0 Å². The molecule has 2 rings (SSSR count). The third kappa shape index (κ3) is 3.29. The lowest BCUT2D eigenvalue weighted by molar-refractivity contribution is 0.161. The van der Waals surface area contributed by atoms with Gasteiger partial charge in [0.05, 0.1) is 18.7 Å². The van der Waals surface area contributed by atoms with Crippen molar-refractivity contribution in [3.8, 4) is 17.6 Å². The normalized spacial score (nSPS) is 17.2. The number of phenols is 1. The Morgan fingerprint density at radius 3 is 2.71 bits per heavy atom. The minimum Gasteiger partial charge on any atom is -0.504 e. The molecule has 1 heterocycles. The number of phenolic OH excluding ortho intramolecular Hbond substituents is 1. The summed E-state index contributed by atoms with van der Waals surface area (Å²) in [6, 6.07) is 5.65. The molecule has 21 heavy (non-hydrogen) atoms. The molecule has 0 saturated carbocycles. The van der Waals surface area contributed by atoms with E-state index < -0.39 is 0 Å². The van der Waals surface area contributed by atoms with Crippen LogP contribution in [0.3, 0.4) is 0 Å². The summed E-state index contributed by atoms with van der Waals surface area (Å²) in [7, 11) is 1.53. The van der Waals surface area contributed by atoms with Crippen LogP contribution in [0, 0.1) is 11.3 Å². The number of methoxy groups -OCH3 is 1. The largest absolute Gasteiger partial charge is 0.504 e. The van der Waals surface area contributed by atoms with Crippen LogP contribution < -0.4 is 10.1 Å². The maximum Gasteiger partial charge on any atom is 0.163 e. The summed E-state index contributed by atoms with van der Waals surface area (Å²) in [5.74, 6) is 0.536. The van der Waals surface area contributed by atoms with Gasteiger partial charge in [0.1, 0.15) is 0 Å². The van der Waals surface area contributed by atoms with Gasteiger partial charge in [0, 0.05) is 37.8 Å². The van der Waals surface area contributed by atoms with Crippen LogP contribution >= 0.6 is 0 Å². The quantitative estimate of drug-likeness (QED) is 0.868. The summed E-state index contributed by atoms with van der Waals surface area (Å²) in [5, 5.41) is 23.2. The van der Waals surface area contributed by atoms with Crippen molar-refractivity contribution in [1.82, 2.24) is 10.2 Å². The summed E-state index contributed by atoms with van der Waals surface area (Å²) < 4.78 is 5.21. The first-order valence-corrected chi connectivity index (χ1v) is 7.47. The van der Waals surface area contributed by atoms with Crippen molar-refractivity contribution in [1.29, 1.82) is 5.26 Å². The molecule has 1 atom stereocenters. The molecule has 2 N–H and O–H groups in total. The van der Waals surface area contributed by atoms with E-state index in [0.717, 1.165) is 39.0 Å². The molecule has 0 radical (unpaired) electrons. The van der Waals surface area contributed by atoms with Crippen LogP contribution in [0.15, 0.2) is 12.1 Å². The van der Waals surface area contributed by atoms with Gasteiger partial charge < -0.3 is 15.2 Å². The third-order valence-electron chi connectivity index (χ3n) is 4.01. The minimum atomic E-state index is 0.0573. The average molecular weight is 289 g/mol. The highest BCUT2D eigenvalue weighted by Crippen LogP contribution is 2.40. The number of aromatic hydroxyl groups is 1. The first kappa shape index (κ1) is 15.6. The molecule has 0 spiro atoms. The Kier molecular flexibility index (Phi) is 5.43. The van der Waals surface area contributed by atoms with Crippen LogP contribution in [-0.4, -0.2) is 43.3 Å². The third-order valence-corrected chi connectivity index (χ3v) is 4.01. The Bertz CT molecular complexity index is 519. The molecule has 5 nitrogen and oxygen atoms in total. The molecule has 1 fully saturated rings. The number of hydrogen-bond acceptors (Lipinski definition) is 5. The summed E-state index contributed by atoms with van der Waals surface area (Å²) in [6.07, 6.45) is 1.91. The van der Waals surface area contributed by atoms with Crippen molar-refractivity contribution < 1.29 is 9.84 Å². The topological polar surface area (TPSA) is 68.5 Å². The van der Waals surface area contributed by atoms with Crippen LogP contribution in [0.1, 0.15) is 36.9 Å². The summed E-state index contributed by atoms with van der Waals surface area (Å²) in [4.78, 5) is 2.34. The van der Waals surface area contributed by atoms with Crippen LogP contribution in [0.2, 0.25) is 0 Å². The summed E-state index contributed by atoms with van der Waals surface area (Å²) in [5.41, 5.74) is 1.24. The van der Waals surface area contributed by atoms with Gasteiger partial charge in [-0.15, -0.1) is 0 Å². The van der Waals surface area contributed by atoms with E-state index in [1.54, 1.807) is 12.1 Å². The molecule has 5 heteroatoms. The first-order chi connectivity index (χ1) is 10.2. The number of hydrogen-bond donors (Lipinski definition) is 2. The number of rotatable bonds is 5. The zero-order valence-electron chi connectivity index (χ0n) is 12.7. The van der Waals surface area contributed by atoms with Crippen LogP contribution in [0.25, 0.3) is 0 Å². The summed E-state index contributed by atoms with van der Waals surface area (Å²) >= 11 is 0. The van der Waals surface area contributed by atoms with Gasteiger partial charge >= 0.3 is 0 Å². The molecule has 0 amide bonds. The Labute approximate surface area is 126 Å². The number of nitrogens with one attached hydrogen (secondary N) is 1. The molecule has 0 unspecified atom stereocenters. The Morgan fingerprint density at radius 2 is 2.14 bits per heavy atom. The lowest BCUT2D eigenvalue weighted by Gasteiger charge is -2.36. The van der Waals surface area contributed by atoms with E-state index >= 15 is 0 Å². The molecule has 1 aromatic rings. The van der Waals surface area contributed by atoms with E-state index in [0.29, 0.717) is 16.9 Å². The smallest absolute Gasteiger partial charge is 0.163 e. The van der Waals surface area contributed by atoms with E-state index in [1.807, 2.05) is 0 Å². The fraction of sp³-hybridized carbons (Fsp3) is 0.562.